The van der Waals surface area contributed by atoms with E-state index in [-0.39, 0.29) is 11.6 Å². The second-order valence-electron chi connectivity index (χ2n) is 3.91. The van der Waals surface area contributed by atoms with Gasteiger partial charge < -0.3 is 4.74 Å². The average Bonchev–Trinajstić information content (AvgIpc) is 2.34. The lowest BCUT2D eigenvalue weighted by Gasteiger charge is -2.10. The highest BCUT2D eigenvalue weighted by Gasteiger charge is 2.08. The molecule has 0 spiro atoms. The molecule has 2 aromatic rings. The van der Waals surface area contributed by atoms with Gasteiger partial charge in [0.15, 0.2) is 11.6 Å². The van der Waals surface area contributed by atoms with Crippen LogP contribution in [0.1, 0.15) is 11.1 Å². The van der Waals surface area contributed by atoms with Crippen LogP contribution in [0.25, 0.3) is 0 Å². The Morgan fingerprint density at radius 2 is 1.83 bits per heavy atom. The summed E-state index contributed by atoms with van der Waals surface area (Å²) in [4.78, 5) is 0. The molecule has 0 amide bonds. The minimum Gasteiger partial charge on any atom is -0.454 e. The largest absolute Gasteiger partial charge is 0.454 e. The van der Waals surface area contributed by atoms with Crippen molar-refractivity contribution in [2.24, 2.45) is 0 Å². The Kier molecular flexibility index (Phi) is 4.10. The first kappa shape index (κ1) is 13.2. The van der Waals surface area contributed by atoms with Crippen molar-refractivity contribution < 1.29 is 9.13 Å². The second kappa shape index (κ2) is 5.59. The van der Waals surface area contributed by atoms with Crippen molar-refractivity contribution in [1.82, 2.24) is 0 Å². The van der Waals surface area contributed by atoms with Crippen molar-refractivity contribution in [2.45, 2.75) is 12.8 Å². The third kappa shape index (κ3) is 2.95. The molecule has 0 radical (unpaired) electrons. The van der Waals surface area contributed by atoms with Crippen molar-refractivity contribution in [3.63, 3.8) is 0 Å². The van der Waals surface area contributed by atoms with Crippen molar-refractivity contribution in [1.29, 1.82) is 0 Å². The Labute approximate surface area is 115 Å². The smallest absolute Gasteiger partial charge is 0.166 e. The van der Waals surface area contributed by atoms with Crippen molar-refractivity contribution in [2.75, 3.05) is 0 Å². The van der Waals surface area contributed by atoms with E-state index in [1.807, 2.05) is 6.92 Å². The van der Waals surface area contributed by atoms with E-state index in [2.05, 4.69) is 0 Å². The Balaban J connectivity index is 2.28. The summed E-state index contributed by atoms with van der Waals surface area (Å²) >= 11 is 11.5. The van der Waals surface area contributed by atoms with E-state index in [9.17, 15) is 4.39 Å². The number of ether oxygens (including phenoxy) is 1. The molecule has 0 fully saturated rings. The van der Waals surface area contributed by atoms with Gasteiger partial charge in [-0.15, -0.1) is 11.6 Å². The Bertz CT molecular complexity index is 570. The maximum absolute atomic E-state index is 13.7. The molecule has 0 atom stereocenters. The molecule has 0 saturated heterocycles. The summed E-state index contributed by atoms with van der Waals surface area (Å²) < 4.78 is 19.2. The summed E-state index contributed by atoms with van der Waals surface area (Å²) in [5.74, 6) is 0.602. The van der Waals surface area contributed by atoms with Gasteiger partial charge in [0.25, 0.3) is 0 Å². The van der Waals surface area contributed by atoms with Crippen LogP contribution in [0.5, 0.6) is 11.5 Å². The number of rotatable bonds is 3. The summed E-state index contributed by atoms with van der Waals surface area (Å²) in [6.07, 6.45) is 0. The molecular formula is C14H11Cl2FO. The highest BCUT2D eigenvalue weighted by molar-refractivity contribution is 6.30. The number of halogens is 3. The number of benzene rings is 2. The highest BCUT2D eigenvalue weighted by atomic mass is 35.5. The Morgan fingerprint density at radius 1 is 1.11 bits per heavy atom. The standard InChI is InChI=1S/C14H11Cl2FO/c1-9-6-11(16)3-5-13(9)18-14-4-2-10(8-15)7-12(14)17/h2-7H,8H2,1H3. The zero-order chi connectivity index (χ0) is 13.1. The Morgan fingerprint density at radius 3 is 2.44 bits per heavy atom. The molecule has 4 heteroatoms. The number of hydrogen-bond donors (Lipinski definition) is 0. The maximum atomic E-state index is 13.7. The molecule has 0 aliphatic carbocycles. The summed E-state index contributed by atoms with van der Waals surface area (Å²) in [7, 11) is 0. The molecular weight excluding hydrogens is 274 g/mol. The predicted octanol–water partition coefficient (Wildman–Crippen LogP) is 5.32. The van der Waals surface area contributed by atoms with Crippen molar-refractivity contribution in [3.05, 3.63) is 58.4 Å². The number of aryl methyl sites for hydroxylation is 1. The van der Waals surface area contributed by atoms with Crippen LogP contribution < -0.4 is 4.74 Å². The van der Waals surface area contributed by atoms with Crippen LogP contribution in [0.2, 0.25) is 5.02 Å². The lowest BCUT2D eigenvalue weighted by molar-refractivity contribution is 0.439. The summed E-state index contributed by atoms with van der Waals surface area (Å²) in [5, 5.41) is 0.623. The molecule has 0 saturated carbocycles. The first-order valence-electron chi connectivity index (χ1n) is 5.38. The first-order valence-corrected chi connectivity index (χ1v) is 6.30. The minimum absolute atomic E-state index is 0.175. The first-order chi connectivity index (χ1) is 8.60. The highest BCUT2D eigenvalue weighted by Crippen LogP contribution is 2.29. The summed E-state index contributed by atoms with van der Waals surface area (Å²) in [6, 6.07) is 9.86. The van der Waals surface area contributed by atoms with Crippen molar-refractivity contribution >= 4 is 23.2 Å². The fourth-order valence-corrected chi connectivity index (χ4v) is 1.95. The van der Waals surface area contributed by atoms with Crippen LogP contribution >= 0.6 is 23.2 Å². The van der Waals surface area contributed by atoms with Gasteiger partial charge in [-0.2, -0.15) is 0 Å². The quantitative estimate of drug-likeness (QED) is 0.693. The van der Waals surface area contributed by atoms with Crippen LogP contribution in [0.4, 0.5) is 4.39 Å². The lowest BCUT2D eigenvalue weighted by Crippen LogP contribution is -1.92. The fraction of sp³-hybridized carbons (Fsp3) is 0.143. The van der Waals surface area contributed by atoms with Crippen LogP contribution in [-0.2, 0) is 5.88 Å². The van der Waals surface area contributed by atoms with Gasteiger partial charge >= 0.3 is 0 Å². The zero-order valence-corrected chi connectivity index (χ0v) is 11.2. The summed E-state index contributed by atoms with van der Waals surface area (Å²) in [6.45, 7) is 1.85. The minimum atomic E-state index is -0.428. The van der Waals surface area contributed by atoms with Gasteiger partial charge in [-0.1, -0.05) is 17.7 Å². The van der Waals surface area contributed by atoms with Gasteiger partial charge in [-0.3, -0.25) is 0 Å². The van der Waals surface area contributed by atoms with E-state index in [1.54, 1.807) is 30.3 Å². The molecule has 0 unspecified atom stereocenters. The monoisotopic (exact) mass is 284 g/mol. The van der Waals surface area contributed by atoms with Crippen LogP contribution in [0.3, 0.4) is 0 Å². The number of hydrogen-bond acceptors (Lipinski definition) is 1. The van der Waals surface area contributed by atoms with Crippen molar-refractivity contribution in [3.8, 4) is 11.5 Å². The maximum Gasteiger partial charge on any atom is 0.166 e. The van der Waals surface area contributed by atoms with Crippen LogP contribution in [0, 0.1) is 12.7 Å². The molecule has 0 aliphatic heterocycles. The second-order valence-corrected chi connectivity index (χ2v) is 4.61. The molecule has 0 bridgehead atoms. The third-order valence-electron chi connectivity index (χ3n) is 2.51. The molecule has 0 aliphatic rings. The average molecular weight is 285 g/mol. The van der Waals surface area contributed by atoms with Gasteiger partial charge in [0.05, 0.1) is 0 Å². The Hall–Kier alpha value is -1.25. The van der Waals surface area contributed by atoms with E-state index in [1.165, 1.54) is 6.07 Å². The van der Waals surface area contributed by atoms with E-state index >= 15 is 0 Å². The van der Waals surface area contributed by atoms with E-state index < -0.39 is 5.82 Å². The number of alkyl halides is 1. The van der Waals surface area contributed by atoms with Gasteiger partial charge in [0.2, 0.25) is 0 Å². The zero-order valence-electron chi connectivity index (χ0n) is 9.71. The SMILES string of the molecule is Cc1cc(Cl)ccc1Oc1ccc(CCl)cc1F. The lowest BCUT2D eigenvalue weighted by atomic mass is 10.2. The molecule has 2 aromatic carbocycles. The van der Waals surface area contributed by atoms with Gasteiger partial charge in [-0.05, 0) is 48.4 Å². The van der Waals surface area contributed by atoms with Gasteiger partial charge in [-0.25, -0.2) is 4.39 Å². The predicted molar refractivity (Wildman–Crippen MR) is 72.2 cm³/mol. The third-order valence-corrected chi connectivity index (χ3v) is 3.05. The molecule has 94 valence electrons. The van der Waals surface area contributed by atoms with Gasteiger partial charge in [0.1, 0.15) is 5.75 Å². The molecule has 0 heterocycles. The topological polar surface area (TPSA) is 9.23 Å². The van der Waals surface area contributed by atoms with Crippen LogP contribution in [0.15, 0.2) is 36.4 Å². The molecule has 2 rings (SSSR count). The van der Waals surface area contributed by atoms with Gasteiger partial charge in [0, 0.05) is 10.9 Å². The van der Waals surface area contributed by atoms with E-state index in [0.29, 0.717) is 16.3 Å². The van der Waals surface area contributed by atoms with Crippen LogP contribution in [-0.4, -0.2) is 0 Å². The summed E-state index contributed by atoms with van der Waals surface area (Å²) in [5.41, 5.74) is 1.57. The molecule has 0 aromatic heterocycles. The van der Waals surface area contributed by atoms with E-state index in [0.717, 1.165) is 5.56 Å². The van der Waals surface area contributed by atoms with E-state index in [4.69, 9.17) is 27.9 Å². The molecule has 1 nitrogen and oxygen atoms in total. The molecule has 0 N–H and O–H groups in total. The normalized spacial score (nSPS) is 10.4. The fourth-order valence-electron chi connectivity index (χ4n) is 1.56. The molecule has 18 heavy (non-hydrogen) atoms.